The highest BCUT2D eigenvalue weighted by atomic mass is 32.2. The first kappa shape index (κ1) is 13.6. The van der Waals surface area contributed by atoms with Crippen molar-refractivity contribution in [2.24, 2.45) is 5.73 Å². The van der Waals surface area contributed by atoms with Gasteiger partial charge in [0, 0.05) is 11.8 Å². The maximum Gasteiger partial charge on any atom is 0.0386 e. The fourth-order valence-corrected chi connectivity index (χ4v) is 2.31. The Balaban J connectivity index is 2.59. The van der Waals surface area contributed by atoms with Crippen LogP contribution in [0.3, 0.4) is 0 Å². The highest BCUT2D eigenvalue weighted by Gasteiger charge is 2.07. The minimum absolute atomic E-state index is 0.161. The van der Waals surface area contributed by atoms with Crippen molar-refractivity contribution in [3.8, 4) is 0 Å². The van der Waals surface area contributed by atoms with E-state index >= 15 is 0 Å². The molecule has 0 amide bonds. The van der Waals surface area contributed by atoms with Crippen LogP contribution in [-0.2, 0) is 0 Å². The van der Waals surface area contributed by atoms with E-state index in [1.165, 1.54) is 11.1 Å². The molecule has 1 aromatic carbocycles. The monoisotopic (exact) mass is 237 g/mol. The van der Waals surface area contributed by atoms with Crippen molar-refractivity contribution in [3.05, 3.63) is 35.4 Å². The van der Waals surface area contributed by atoms with E-state index in [2.05, 4.69) is 52.0 Å². The second-order valence-electron chi connectivity index (χ2n) is 4.81. The van der Waals surface area contributed by atoms with Gasteiger partial charge in [0.2, 0.25) is 0 Å². The van der Waals surface area contributed by atoms with Crippen molar-refractivity contribution in [1.29, 1.82) is 0 Å². The van der Waals surface area contributed by atoms with E-state index in [0.717, 1.165) is 5.75 Å². The lowest BCUT2D eigenvalue weighted by Gasteiger charge is -2.14. The largest absolute Gasteiger partial charge is 0.323 e. The van der Waals surface area contributed by atoms with Crippen LogP contribution in [0, 0.1) is 0 Å². The number of rotatable bonds is 5. The lowest BCUT2D eigenvalue weighted by Crippen LogP contribution is -2.14. The molecule has 1 nitrogen and oxygen atoms in total. The number of thioether (sulfide) groups is 1. The number of hydrogen-bond acceptors (Lipinski definition) is 2. The molecule has 0 spiro atoms. The Labute approximate surface area is 104 Å². The van der Waals surface area contributed by atoms with Gasteiger partial charge in [-0.05, 0) is 22.3 Å². The van der Waals surface area contributed by atoms with Crippen LogP contribution in [-0.4, -0.2) is 11.0 Å². The highest BCUT2D eigenvalue weighted by molar-refractivity contribution is 7.99. The van der Waals surface area contributed by atoms with E-state index in [0.29, 0.717) is 11.2 Å². The SMILES string of the molecule is CC(C)SCC(N)c1ccc(C(C)C)cc1. The average molecular weight is 237 g/mol. The molecule has 0 aliphatic carbocycles. The molecule has 1 rings (SSSR count). The van der Waals surface area contributed by atoms with Crippen molar-refractivity contribution < 1.29 is 0 Å². The molecular weight excluding hydrogens is 214 g/mol. The number of hydrogen-bond donors (Lipinski definition) is 1. The second kappa shape index (κ2) is 6.31. The molecule has 0 aliphatic heterocycles. The predicted octanol–water partition coefficient (Wildman–Crippen LogP) is 3.95. The van der Waals surface area contributed by atoms with Crippen LogP contribution in [0.4, 0.5) is 0 Å². The van der Waals surface area contributed by atoms with Crippen LogP contribution >= 0.6 is 11.8 Å². The zero-order valence-corrected chi connectivity index (χ0v) is 11.6. The summed E-state index contributed by atoms with van der Waals surface area (Å²) in [5.74, 6) is 1.59. The molecule has 16 heavy (non-hydrogen) atoms. The van der Waals surface area contributed by atoms with Gasteiger partial charge in [0.15, 0.2) is 0 Å². The number of nitrogens with two attached hydrogens (primary N) is 1. The molecule has 1 unspecified atom stereocenters. The van der Waals surface area contributed by atoms with E-state index in [9.17, 15) is 0 Å². The Morgan fingerprint density at radius 3 is 1.94 bits per heavy atom. The summed E-state index contributed by atoms with van der Waals surface area (Å²) < 4.78 is 0. The fourth-order valence-electron chi connectivity index (χ4n) is 1.52. The lowest BCUT2D eigenvalue weighted by molar-refractivity contribution is 0.820. The first-order valence-electron chi connectivity index (χ1n) is 5.97. The molecule has 1 aromatic rings. The predicted molar refractivity (Wildman–Crippen MR) is 75.1 cm³/mol. The molecule has 0 aliphatic rings. The Morgan fingerprint density at radius 2 is 1.50 bits per heavy atom. The molecule has 0 radical (unpaired) electrons. The summed E-state index contributed by atoms with van der Waals surface area (Å²) >= 11 is 1.92. The molecule has 0 heterocycles. The summed E-state index contributed by atoms with van der Waals surface area (Å²) in [5, 5.41) is 0.654. The zero-order valence-electron chi connectivity index (χ0n) is 10.7. The minimum atomic E-state index is 0.161. The van der Waals surface area contributed by atoms with Gasteiger partial charge in [0.25, 0.3) is 0 Å². The molecule has 1 atom stereocenters. The van der Waals surface area contributed by atoms with E-state index < -0.39 is 0 Å². The summed E-state index contributed by atoms with van der Waals surface area (Å²) in [6, 6.07) is 8.88. The third-order valence-corrected chi connectivity index (χ3v) is 3.86. The molecular formula is C14H23NS. The number of benzene rings is 1. The zero-order chi connectivity index (χ0) is 12.1. The topological polar surface area (TPSA) is 26.0 Å². The maximum atomic E-state index is 6.15. The molecule has 0 aromatic heterocycles. The summed E-state index contributed by atoms with van der Waals surface area (Å²) in [5.41, 5.74) is 8.78. The first-order valence-corrected chi connectivity index (χ1v) is 7.02. The van der Waals surface area contributed by atoms with Gasteiger partial charge in [-0.25, -0.2) is 0 Å². The van der Waals surface area contributed by atoms with E-state index in [4.69, 9.17) is 5.73 Å². The van der Waals surface area contributed by atoms with Gasteiger partial charge in [0.1, 0.15) is 0 Å². The van der Waals surface area contributed by atoms with Gasteiger partial charge in [-0.3, -0.25) is 0 Å². The molecule has 0 bridgehead atoms. The van der Waals surface area contributed by atoms with Crippen molar-refractivity contribution in [2.45, 2.75) is 44.9 Å². The second-order valence-corrected chi connectivity index (χ2v) is 6.42. The van der Waals surface area contributed by atoms with Crippen LogP contribution in [0.25, 0.3) is 0 Å². The van der Waals surface area contributed by atoms with Crippen LogP contribution in [0.15, 0.2) is 24.3 Å². The van der Waals surface area contributed by atoms with Crippen molar-refractivity contribution in [1.82, 2.24) is 0 Å². The lowest BCUT2D eigenvalue weighted by atomic mass is 10.00. The van der Waals surface area contributed by atoms with Crippen LogP contribution < -0.4 is 5.73 Å². The Kier molecular flexibility index (Phi) is 5.36. The maximum absolute atomic E-state index is 6.15. The van der Waals surface area contributed by atoms with Gasteiger partial charge in [0.05, 0.1) is 0 Å². The summed E-state index contributed by atoms with van der Waals surface area (Å²) in [6.07, 6.45) is 0. The van der Waals surface area contributed by atoms with Crippen molar-refractivity contribution in [2.75, 3.05) is 5.75 Å². The highest BCUT2D eigenvalue weighted by Crippen LogP contribution is 2.21. The third-order valence-electron chi connectivity index (χ3n) is 2.64. The van der Waals surface area contributed by atoms with Gasteiger partial charge in [-0.15, -0.1) is 0 Å². The van der Waals surface area contributed by atoms with Gasteiger partial charge in [-0.1, -0.05) is 52.0 Å². The van der Waals surface area contributed by atoms with Gasteiger partial charge >= 0.3 is 0 Å². The third kappa shape index (κ3) is 4.18. The normalized spacial score (nSPS) is 13.4. The quantitative estimate of drug-likeness (QED) is 0.839. The Morgan fingerprint density at radius 1 is 1.00 bits per heavy atom. The molecule has 2 N–H and O–H groups in total. The van der Waals surface area contributed by atoms with E-state index in [1.54, 1.807) is 0 Å². The minimum Gasteiger partial charge on any atom is -0.323 e. The smallest absolute Gasteiger partial charge is 0.0386 e. The van der Waals surface area contributed by atoms with Crippen LogP contribution in [0.1, 0.15) is 50.8 Å². The summed E-state index contributed by atoms with van der Waals surface area (Å²) in [4.78, 5) is 0. The molecule has 0 fully saturated rings. The fraction of sp³-hybridized carbons (Fsp3) is 0.571. The van der Waals surface area contributed by atoms with Crippen LogP contribution in [0.5, 0.6) is 0 Å². The van der Waals surface area contributed by atoms with Gasteiger partial charge < -0.3 is 5.73 Å². The van der Waals surface area contributed by atoms with Crippen LogP contribution in [0.2, 0.25) is 0 Å². The van der Waals surface area contributed by atoms with Crippen molar-refractivity contribution in [3.63, 3.8) is 0 Å². The first-order chi connectivity index (χ1) is 7.50. The molecule has 2 heteroatoms. The van der Waals surface area contributed by atoms with E-state index in [1.807, 2.05) is 11.8 Å². The standard InChI is InChI=1S/C14H23NS/c1-10(2)12-5-7-13(8-6-12)14(15)9-16-11(3)4/h5-8,10-11,14H,9,15H2,1-4H3. The van der Waals surface area contributed by atoms with Crippen molar-refractivity contribution >= 4 is 11.8 Å². The Bertz CT molecular complexity index is 303. The summed E-state index contributed by atoms with van der Waals surface area (Å²) in [7, 11) is 0. The molecule has 0 saturated heterocycles. The average Bonchev–Trinajstić information content (AvgIpc) is 2.26. The molecule has 0 saturated carbocycles. The Hall–Kier alpha value is -0.470. The summed E-state index contributed by atoms with van der Waals surface area (Å²) in [6.45, 7) is 8.84. The van der Waals surface area contributed by atoms with E-state index in [-0.39, 0.29) is 6.04 Å². The molecule has 90 valence electrons. The van der Waals surface area contributed by atoms with Gasteiger partial charge in [-0.2, -0.15) is 11.8 Å².